The van der Waals surface area contributed by atoms with Crippen molar-refractivity contribution >= 4 is 29.2 Å². The summed E-state index contributed by atoms with van der Waals surface area (Å²) in [6.45, 7) is 3.96. The number of hydrogen-bond donors (Lipinski definition) is 1. The van der Waals surface area contributed by atoms with Gasteiger partial charge in [-0.15, -0.1) is 0 Å². The van der Waals surface area contributed by atoms with E-state index >= 15 is 0 Å². The first-order valence-electron chi connectivity index (χ1n) is 11.3. The monoisotopic (exact) mass is 462 g/mol. The standard InChI is InChI=1S/C26H30N4O2S/c1-19-8-9-23(32-2)22(16-19)28-25(31)18-33-26-27-13-10-24(29-26)30-14-11-21(12-15-30)17-20-6-4-3-5-7-20/h3-10,13,16,21H,11-12,14-15,17-18H2,1-2H3,(H,28,31). The van der Waals surface area contributed by atoms with Crippen molar-refractivity contribution in [2.75, 3.05) is 36.2 Å². The fraction of sp³-hybridized carbons (Fsp3) is 0.346. The Balaban J connectivity index is 1.29. The molecule has 4 rings (SSSR count). The number of carbonyl (C=O) groups is 1. The molecule has 33 heavy (non-hydrogen) atoms. The van der Waals surface area contributed by atoms with Crippen LogP contribution in [-0.2, 0) is 11.2 Å². The third-order valence-electron chi connectivity index (χ3n) is 5.89. The van der Waals surface area contributed by atoms with E-state index in [9.17, 15) is 4.79 Å². The average Bonchev–Trinajstić information content (AvgIpc) is 2.84. The van der Waals surface area contributed by atoms with Gasteiger partial charge >= 0.3 is 0 Å². The zero-order chi connectivity index (χ0) is 23.0. The molecule has 0 aliphatic carbocycles. The maximum atomic E-state index is 12.5. The fourth-order valence-electron chi connectivity index (χ4n) is 4.13. The lowest BCUT2D eigenvalue weighted by molar-refractivity contribution is -0.113. The van der Waals surface area contributed by atoms with Crippen LogP contribution in [0.5, 0.6) is 5.75 Å². The molecule has 6 nitrogen and oxygen atoms in total. The van der Waals surface area contributed by atoms with Crippen LogP contribution in [0.25, 0.3) is 0 Å². The van der Waals surface area contributed by atoms with E-state index in [0.717, 1.165) is 43.7 Å². The van der Waals surface area contributed by atoms with Gasteiger partial charge in [-0.25, -0.2) is 9.97 Å². The number of amides is 1. The van der Waals surface area contributed by atoms with Gasteiger partial charge < -0.3 is 15.0 Å². The number of carbonyl (C=O) groups excluding carboxylic acids is 1. The number of anilines is 2. The molecule has 1 aliphatic heterocycles. The molecule has 1 N–H and O–H groups in total. The molecule has 7 heteroatoms. The molecule has 172 valence electrons. The lowest BCUT2D eigenvalue weighted by Gasteiger charge is -2.33. The maximum Gasteiger partial charge on any atom is 0.234 e. The second kappa shape index (κ2) is 11.2. The number of rotatable bonds is 8. The predicted molar refractivity (Wildman–Crippen MR) is 134 cm³/mol. The van der Waals surface area contributed by atoms with Gasteiger partial charge in [-0.1, -0.05) is 48.2 Å². The van der Waals surface area contributed by atoms with Crippen molar-refractivity contribution in [2.24, 2.45) is 5.92 Å². The molecule has 0 saturated carbocycles. The van der Waals surface area contributed by atoms with Crippen molar-refractivity contribution in [3.63, 3.8) is 0 Å². The van der Waals surface area contributed by atoms with E-state index in [0.29, 0.717) is 22.5 Å². The van der Waals surface area contributed by atoms with Gasteiger partial charge in [-0.05, 0) is 61.4 Å². The number of piperidine rings is 1. The van der Waals surface area contributed by atoms with Crippen LogP contribution in [0.1, 0.15) is 24.0 Å². The van der Waals surface area contributed by atoms with Gasteiger partial charge in [0, 0.05) is 19.3 Å². The van der Waals surface area contributed by atoms with Crippen molar-refractivity contribution in [1.82, 2.24) is 9.97 Å². The van der Waals surface area contributed by atoms with E-state index in [4.69, 9.17) is 9.72 Å². The van der Waals surface area contributed by atoms with E-state index in [1.165, 1.54) is 17.3 Å². The first kappa shape index (κ1) is 23.1. The van der Waals surface area contributed by atoms with Crippen LogP contribution < -0.4 is 15.0 Å². The van der Waals surface area contributed by atoms with E-state index < -0.39 is 0 Å². The zero-order valence-electron chi connectivity index (χ0n) is 19.2. The molecule has 3 aromatic rings. The summed E-state index contributed by atoms with van der Waals surface area (Å²) in [5.41, 5.74) is 3.15. The van der Waals surface area contributed by atoms with Crippen molar-refractivity contribution in [3.05, 3.63) is 71.9 Å². The molecule has 0 atom stereocenters. The Kier molecular flexibility index (Phi) is 7.83. The van der Waals surface area contributed by atoms with E-state index in [1.54, 1.807) is 13.3 Å². The number of benzene rings is 2. The number of hydrogen-bond acceptors (Lipinski definition) is 6. The van der Waals surface area contributed by atoms with Crippen LogP contribution in [0, 0.1) is 12.8 Å². The third-order valence-corrected chi connectivity index (χ3v) is 6.75. The molecule has 0 radical (unpaired) electrons. The number of thioether (sulfide) groups is 1. The Bertz CT molecular complexity index is 1070. The summed E-state index contributed by atoms with van der Waals surface area (Å²) >= 11 is 1.34. The van der Waals surface area contributed by atoms with Crippen LogP contribution in [-0.4, -0.2) is 41.8 Å². The number of aromatic nitrogens is 2. The largest absolute Gasteiger partial charge is 0.495 e. The molecule has 1 saturated heterocycles. The van der Waals surface area contributed by atoms with E-state index in [-0.39, 0.29) is 11.7 Å². The highest BCUT2D eigenvalue weighted by Crippen LogP contribution is 2.27. The molecule has 0 spiro atoms. The van der Waals surface area contributed by atoms with E-state index in [2.05, 4.69) is 45.5 Å². The van der Waals surface area contributed by atoms with Gasteiger partial charge in [0.05, 0.1) is 18.6 Å². The summed E-state index contributed by atoms with van der Waals surface area (Å²) in [6.07, 6.45) is 5.23. The number of nitrogens with zero attached hydrogens (tertiary/aromatic N) is 3. The zero-order valence-corrected chi connectivity index (χ0v) is 20.0. The number of ether oxygens (including phenoxy) is 1. The van der Waals surface area contributed by atoms with Gasteiger partial charge in [0.15, 0.2) is 5.16 Å². The van der Waals surface area contributed by atoms with Gasteiger partial charge in [0.1, 0.15) is 11.6 Å². The highest BCUT2D eigenvalue weighted by Gasteiger charge is 2.21. The Labute approximate surface area is 199 Å². The number of nitrogens with one attached hydrogen (secondary N) is 1. The predicted octanol–water partition coefficient (Wildman–Crippen LogP) is 4.98. The summed E-state index contributed by atoms with van der Waals surface area (Å²) in [4.78, 5) is 23.9. The molecule has 2 heterocycles. The van der Waals surface area contributed by atoms with Gasteiger partial charge in [-0.2, -0.15) is 0 Å². The van der Waals surface area contributed by atoms with Gasteiger partial charge in [-0.3, -0.25) is 4.79 Å². The third kappa shape index (κ3) is 6.48. The second-order valence-corrected chi connectivity index (χ2v) is 9.30. The quantitative estimate of drug-likeness (QED) is 0.376. The highest BCUT2D eigenvalue weighted by molar-refractivity contribution is 7.99. The molecule has 0 unspecified atom stereocenters. The Morgan fingerprint density at radius 1 is 1.15 bits per heavy atom. The smallest absolute Gasteiger partial charge is 0.234 e. The van der Waals surface area contributed by atoms with Crippen molar-refractivity contribution in [1.29, 1.82) is 0 Å². The minimum absolute atomic E-state index is 0.111. The molecule has 1 aliphatic rings. The van der Waals surface area contributed by atoms with Crippen molar-refractivity contribution in [2.45, 2.75) is 31.3 Å². The molecule has 2 aromatic carbocycles. The lowest BCUT2D eigenvalue weighted by atomic mass is 9.90. The van der Waals surface area contributed by atoms with Crippen LogP contribution in [0.15, 0.2) is 66.0 Å². The topological polar surface area (TPSA) is 67.3 Å². The average molecular weight is 463 g/mol. The summed E-state index contributed by atoms with van der Waals surface area (Å²) in [7, 11) is 1.60. The summed E-state index contributed by atoms with van der Waals surface area (Å²) < 4.78 is 5.34. The summed E-state index contributed by atoms with van der Waals surface area (Å²) in [5.74, 6) is 2.42. The molecule has 1 amide bonds. The minimum Gasteiger partial charge on any atom is -0.495 e. The molecule has 1 aromatic heterocycles. The summed E-state index contributed by atoms with van der Waals surface area (Å²) in [6, 6.07) is 18.4. The Morgan fingerprint density at radius 3 is 2.70 bits per heavy atom. The SMILES string of the molecule is COc1ccc(C)cc1NC(=O)CSc1nccc(N2CCC(Cc3ccccc3)CC2)n1. The van der Waals surface area contributed by atoms with Gasteiger partial charge in [0.2, 0.25) is 5.91 Å². The Hall–Kier alpha value is -3.06. The van der Waals surface area contributed by atoms with Crippen LogP contribution in [0.2, 0.25) is 0 Å². The summed E-state index contributed by atoms with van der Waals surface area (Å²) in [5, 5.41) is 3.54. The molecule has 0 bridgehead atoms. The van der Waals surface area contributed by atoms with E-state index in [1.807, 2.05) is 31.2 Å². The number of methoxy groups -OCH3 is 1. The first-order valence-corrected chi connectivity index (χ1v) is 12.3. The van der Waals surface area contributed by atoms with Crippen LogP contribution in [0.4, 0.5) is 11.5 Å². The van der Waals surface area contributed by atoms with Crippen LogP contribution >= 0.6 is 11.8 Å². The normalized spacial score (nSPS) is 14.2. The fourth-order valence-corrected chi connectivity index (χ4v) is 4.75. The molecule has 1 fully saturated rings. The lowest BCUT2D eigenvalue weighted by Crippen LogP contribution is -2.35. The van der Waals surface area contributed by atoms with Crippen molar-refractivity contribution < 1.29 is 9.53 Å². The van der Waals surface area contributed by atoms with Crippen LogP contribution in [0.3, 0.4) is 0 Å². The first-order chi connectivity index (χ1) is 16.1. The van der Waals surface area contributed by atoms with Gasteiger partial charge in [0.25, 0.3) is 0 Å². The number of aryl methyl sites for hydroxylation is 1. The highest BCUT2D eigenvalue weighted by atomic mass is 32.2. The maximum absolute atomic E-state index is 12.5. The molecular formula is C26H30N4O2S. The Morgan fingerprint density at radius 2 is 1.94 bits per heavy atom. The minimum atomic E-state index is -0.111. The molecular weight excluding hydrogens is 432 g/mol. The second-order valence-electron chi connectivity index (χ2n) is 8.36. The van der Waals surface area contributed by atoms with Crippen molar-refractivity contribution in [3.8, 4) is 5.75 Å².